The zero-order valence-electron chi connectivity index (χ0n) is 14.6. The minimum atomic E-state index is -0.601. The fraction of sp³-hybridized carbons (Fsp3) is 0.316. The molecule has 2 aromatic rings. The van der Waals surface area contributed by atoms with E-state index in [9.17, 15) is 18.8 Å². The van der Waals surface area contributed by atoms with Crippen LogP contribution < -0.4 is 5.32 Å². The molecule has 2 rings (SSSR count). The highest BCUT2D eigenvalue weighted by Crippen LogP contribution is 2.17. The van der Waals surface area contributed by atoms with Crippen LogP contribution in [-0.4, -0.2) is 24.3 Å². The topological polar surface area (TPSA) is 72.5 Å². The number of nitrogens with one attached hydrogen (secondary N) is 1. The van der Waals surface area contributed by atoms with Crippen molar-refractivity contribution in [2.45, 2.75) is 32.7 Å². The van der Waals surface area contributed by atoms with Crippen LogP contribution in [0.2, 0.25) is 0 Å². The summed E-state index contributed by atoms with van der Waals surface area (Å²) in [4.78, 5) is 37.1. The molecule has 0 radical (unpaired) electrons. The molecule has 0 aliphatic rings. The highest BCUT2D eigenvalue weighted by atomic mass is 32.1. The lowest BCUT2D eigenvalue weighted by Crippen LogP contribution is -2.31. The molecule has 0 aliphatic carbocycles. The van der Waals surface area contributed by atoms with E-state index in [1.54, 1.807) is 25.1 Å². The van der Waals surface area contributed by atoms with E-state index < -0.39 is 18.5 Å². The number of ketones is 1. The van der Waals surface area contributed by atoms with Crippen molar-refractivity contribution in [3.05, 3.63) is 57.5 Å². The number of hydrogen-bond acceptors (Lipinski definition) is 5. The maximum atomic E-state index is 12.9. The molecular formula is C19H20FNO4S. The SMILES string of the molecule is Cc1ccc(C(=O)CCC(=O)OCC(=O)NC(C)c2ccc(F)cc2)s1. The Morgan fingerprint density at radius 2 is 1.81 bits per heavy atom. The smallest absolute Gasteiger partial charge is 0.306 e. The Morgan fingerprint density at radius 1 is 1.12 bits per heavy atom. The first kappa shape index (κ1) is 19.8. The van der Waals surface area contributed by atoms with Gasteiger partial charge in [-0.05, 0) is 43.7 Å². The Labute approximate surface area is 155 Å². The lowest BCUT2D eigenvalue weighted by Gasteiger charge is -2.14. The lowest BCUT2D eigenvalue weighted by atomic mass is 10.1. The van der Waals surface area contributed by atoms with Crippen LogP contribution in [0.25, 0.3) is 0 Å². The zero-order chi connectivity index (χ0) is 19.1. The summed E-state index contributed by atoms with van der Waals surface area (Å²) in [6, 6.07) is 9.01. The normalized spacial score (nSPS) is 11.7. The van der Waals surface area contributed by atoms with Gasteiger partial charge < -0.3 is 10.1 Å². The maximum absolute atomic E-state index is 12.9. The Balaban J connectivity index is 1.70. The molecule has 0 bridgehead atoms. The summed E-state index contributed by atoms with van der Waals surface area (Å²) in [6.07, 6.45) is -0.0248. The molecule has 1 heterocycles. The fourth-order valence-electron chi connectivity index (χ4n) is 2.26. The van der Waals surface area contributed by atoms with Gasteiger partial charge in [-0.25, -0.2) is 4.39 Å². The molecule has 138 valence electrons. The van der Waals surface area contributed by atoms with E-state index >= 15 is 0 Å². The standard InChI is InChI=1S/C19H20FNO4S/c1-12-3-9-17(26-12)16(22)8-10-19(24)25-11-18(23)21-13(2)14-4-6-15(20)7-5-14/h3-7,9,13H,8,10-11H2,1-2H3,(H,21,23). The lowest BCUT2D eigenvalue weighted by molar-refractivity contribution is -0.148. The van der Waals surface area contributed by atoms with E-state index in [2.05, 4.69) is 5.32 Å². The third-order valence-electron chi connectivity index (χ3n) is 3.68. The van der Waals surface area contributed by atoms with Gasteiger partial charge in [-0.2, -0.15) is 0 Å². The molecule has 7 heteroatoms. The van der Waals surface area contributed by atoms with Crippen LogP contribution in [0.1, 0.15) is 45.9 Å². The van der Waals surface area contributed by atoms with Gasteiger partial charge in [-0.3, -0.25) is 14.4 Å². The predicted molar refractivity (Wildman–Crippen MR) is 96.5 cm³/mol. The van der Waals surface area contributed by atoms with Crippen LogP contribution in [-0.2, 0) is 14.3 Å². The molecule has 1 unspecified atom stereocenters. The maximum Gasteiger partial charge on any atom is 0.306 e. The van der Waals surface area contributed by atoms with E-state index in [0.29, 0.717) is 4.88 Å². The van der Waals surface area contributed by atoms with Crippen LogP contribution in [0.15, 0.2) is 36.4 Å². The van der Waals surface area contributed by atoms with E-state index in [1.165, 1.54) is 23.5 Å². The van der Waals surface area contributed by atoms with E-state index in [4.69, 9.17) is 4.74 Å². The number of ether oxygens (including phenoxy) is 1. The summed E-state index contributed by atoms with van der Waals surface area (Å²) in [5.41, 5.74) is 0.739. The van der Waals surface area contributed by atoms with Crippen molar-refractivity contribution in [3.63, 3.8) is 0 Å². The van der Waals surface area contributed by atoms with Crippen molar-refractivity contribution < 1.29 is 23.5 Å². The molecule has 1 atom stereocenters. The largest absolute Gasteiger partial charge is 0.456 e. The van der Waals surface area contributed by atoms with Crippen molar-refractivity contribution in [1.82, 2.24) is 5.32 Å². The molecule has 1 amide bonds. The summed E-state index contributed by atoms with van der Waals surface area (Å²) in [5, 5.41) is 2.66. The van der Waals surface area contributed by atoms with E-state index in [-0.39, 0.29) is 30.5 Å². The molecule has 0 aliphatic heterocycles. The summed E-state index contributed by atoms with van der Waals surface area (Å²) < 4.78 is 17.8. The van der Waals surface area contributed by atoms with Crippen molar-refractivity contribution in [1.29, 1.82) is 0 Å². The molecule has 1 aromatic heterocycles. The Morgan fingerprint density at radius 3 is 2.42 bits per heavy atom. The number of Topliss-reactive ketones (excluding diaryl/α,β-unsaturated/α-hetero) is 1. The molecule has 0 saturated carbocycles. The van der Waals surface area contributed by atoms with Crippen LogP contribution >= 0.6 is 11.3 Å². The summed E-state index contributed by atoms with van der Waals surface area (Å²) in [5.74, 6) is -1.53. The van der Waals surface area contributed by atoms with Gasteiger partial charge in [-0.15, -0.1) is 11.3 Å². The van der Waals surface area contributed by atoms with E-state index in [1.807, 2.05) is 13.0 Å². The number of esters is 1. The van der Waals surface area contributed by atoms with Crippen molar-refractivity contribution >= 4 is 29.0 Å². The van der Waals surface area contributed by atoms with Gasteiger partial charge in [0.1, 0.15) is 5.82 Å². The van der Waals surface area contributed by atoms with Gasteiger partial charge >= 0.3 is 5.97 Å². The van der Waals surface area contributed by atoms with Gasteiger partial charge in [0.05, 0.1) is 17.3 Å². The molecule has 5 nitrogen and oxygen atoms in total. The van der Waals surface area contributed by atoms with Crippen LogP contribution in [0.3, 0.4) is 0 Å². The Hall–Kier alpha value is -2.54. The highest BCUT2D eigenvalue weighted by molar-refractivity contribution is 7.14. The second-order valence-corrected chi connectivity index (χ2v) is 7.12. The predicted octanol–water partition coefficient (Wildman–Crippen LogP) is 3.58. The monoisotopic (exact) mass is 377 g/mol. The number of benzene rings is 1. The third-order valence-corrected chi connectivity index (χ3v) is 4.72. The van der Waals surface area contributed by atoms with Crippen molar-refractivity contribution in [2.24, 2.45) is 0 Å². The number of hydrogen-bond donors (Lipinski definition) is 1. The first-order valence-corrected chi connectivity index (χ1v) is 8.97. The van der Waals surface area contributed by atoms with Crippen molar-refractivity contribution in [2.75, 3.05) is 6.61 Å². The number of carbonyl (C=O) groups excluding carboxylic acids is 3. The summed E-state index contributed by atoms with van der Waals surface area (Å²) in [6.45, 7) is 3.23. The van der Waals surface area contributed by atoms with Gasteiger partial charge in [0.25, 0.3) is 5.91 Å². The average Bonchev–Trinajstić information content (AvgIpc) is 3.05. The van der Waals surface area contributed by atoms with Gasteiger partial charge in [0.2, 0.25) is 0 Å². The number of thiophene rings is 1. The fourth-order valence-corrected chi connectivity index (χ4v) is 3.09. The molecular weight excluding hydrogens is 357 g/mol. The number of carbonyl (C=O) groups is 3. The second kappa shape index (κ2) is 9.24. The Kier molecular flexibility index (Phi) is 7.03. The minimum Gasteiger partial charge on any atom is -0.456 e. The first-order valence-electron chi connectivity index (χ1n) is 8.15. The second-order valence-electron chi connectivity index (χ2n) is 5.83. The molecule has 0 fully saturated rings. The van der Waals surface area contributed by atoms with E-state index in [0.717, 1.165) is 10.4 Å². The highest BCUT2D eigenvalue weighted by Gasteiger charge is 2.14. The van der Waals surface area contributed by atoms with Crippen LogP contribution in [0, 0.1) is 12.7 Å². The molecule has 0 spiro atoms. The van der Waals surface area contributed by atoms with Gasteiger partial charge in [0, 0.05) is 11.3 Å². The van der Waals surface area contributed by atoms with Crippen LogP contribution in [0.5, 0.6) is 0 Å². The molecule has 26 heavy (non-hydrogen) atoms. The Bertz CT molecular complexity index is 785. The number of halogens is 1. The van der Waals surface area contributed by atoms with Gasteiger partial charge in [0.15, 0.2) is 12.4 Å². The number of aryl methyl sites for hydroxylation is 1. The van der Waals surface area contributed by atoms with Crippen LogP contribution in [0.4, 0.5) is 4.39 Å². The summed E-state index contributed by atoms with van der Waals surface area (Å²) in [7, 11) is 0. The third kappa shape index (κ3) is 6.07. The van der Waals surface area contributed by atoms with Gasteiger partial charge in [-0.1, -0.05) is 12.1 Å². The first-order chi connectivity index (χ1) is 12.3. The minimum absolute atomic E-state index is 0.0480. The quantitative estimate of drug-likeness (QED) is 0.564. The average molecular weight is 377 g/mol. The molecule has 0 saturated heterocycles. The molecule has 1 N–H and O–H groups in total. The summed E-state index contributed by atoms with van der Waals surface area (Å²) >= 11 is 1.38. The number of amides is 1. The number of rotatable bonds is 8. The molecule has 1 aromatic carbocycles. The van der Waals surface area contributed by atoms with Crippen molar-refractivity contribution in [3.8, 4) is 0 Å². The zero-order valence-corrected chi connectivity index (χ0v) is 15.4.